The van der Waals surface area contributed by atoms with Crippen molar-refractivity contribution in [1.29, 1.82) is 0 Å². The average Bonchev–Trinajstić information content (AvgIpc) is 3.00. The Morgan fingerprint density at radius 2 is 1.93 bits per heavy atom. The lowest BCUT2D eigenvalue weighted by atomic mass is 10.1. The summed E-state index contributed by atoms with van der Waals surface area (Å²) in [4.78, 5) is 18.1. The number of nitrogens with zero attached hydrogens (tertiary/aromatic N) is 2. The highest BCUT2D eigenvalue weighted by Gasteiger charge is 2.25. The quantitative estimate of drug-likeness (QED) is 0.618. The summed E-state index contributed by atoms with van der Waals surface area (Å²) in [5.41, 5.74) is 3.09. The molecule has 0 saturated heterocycles. The van der Waals surface area contributed by atoms with E-state index in [9.17, 15) is 9.18 Å². The van der Waals surface area contributed by atoms with Gasteiger partial charge in [-0.05, 0) is 44.0 Å². The van der Waals surface area contributed by atoms with Gasteiger partial charge in [0.2, 0.25) is 5.52 Å². The van der Waals surface area contributed by atoms with Crippen molar-refractivity contribution in [3.63, 3.8) is 0 Å². The molecule has 4 nitrogen and oxygen atoms in total. The van der Waals surface area contributed by atoms with Gasteiger partial charge in [0.05, 0.1) is 6.54 Å². The Hall–Kier alpha value is -2.69. The van der Waals surface area contributed by atoms with Crippen LogP contribution in [0.1, 0.15) is 48.4 Å². The van der Waals surface area contributed by atoms with Gasteiger partial charge in [-0.1, -0.05) is 37.6 Å². The number of aromatic amines is 1. The van der Waals surface area contributed by atoms with E-state index in [0.717, 1.165) is 36.3 Å². The first-order valence-electron chi connectivity index (χ1n) is 9.60. The Morgan fingerprint density at radius 3 is 2.63 bits per heavy atom. The molecule has 0 fully saturated rings. The number of aromatic nitrogens is 2. The molecule has 0 aliphatic carbocycles. The van der Waals surface area contributed by atoms with Gasteiger partial charge < -0.3 is 4.90 Å². The number of amides is 1. The zero-order valence-electron chi connectivity index (χ0n) is 16.3. The number of rotatable bonds is 7. The summed E-state index contributed by atoms with van der Waals surface area (Å²) in [6.07, 6.45) is 1.79. The van der Waals surface area contributed by atoms with Crippen LogP contribution in [-0.4, -0.2) is 22.3 Å². The molecule has 0 aliphatic rings. The number of carbonyl (C=O) groups is 1. The molecule has 0 unspecified atom stereocenters. The SMILES string of the molecule is CCCN(Cc1[nH]c2c(F)cccc2[n+]1CCC)C(=O)c1cccc(C)c1. The van der Waals surface area contributed by atoms with Gasteiger partial charge >= 0.3 is 0 Å². The van der Waals surface area contributed by atoms with Crippen molar-refractivity contribution in [2.24, 2.45) is 0 Å². The fourth-order valence-electron chi connectivity index (χ4n) is 3.49. The topological polar surface area (TPSA) is 40.0 Å². The summed E-state index contributed by atoms with van der Waals surface area (Å²) >= 11 is 0. The lowest BCUT2D eigenvalue weighted by Crippen LogP contribution is -2.41. The number of imidazole rings is 1. The Morgan fingerprint density at radius 1 is 1.15 bits per heavy atom. The van der Waals surface area contributed by atoms with Crippen molar-refractivity contribution in [2.75, 3.05) is 6.54 Å². The molecule has 0 radical (unpaired) electrons. The lowest BCUT2D eigenvalue weighted by Gasteiger charge is -2.20. The van der Waals surface area contributed by atoms with Crippen molar-refractivity contribution < 1.29 is 13.8 Å². The Labute approximate surface area is 159 Å². The van der Waals surface area contributed by atoms with Crippen molar-refractivity contribution >= 4 is 16.9 Å². The molecular weight excluding hydrogens is 341 g/mol. The number of para-hydroxylation sites is 1. The van der Waals surface area contributed by atoms with Gasteiger partial charge in [0, 0.05) is 12.1 Å². The molecule has 0 saturated carbocycles. The second kappa shape index (κ2) is 8.33. The first-order valence-corrected chi connectivity index (χ1v) is 9.60. The lowest BCUT2D eigenvalue weighted by molar-refractivity contribution is -0.679. The number of H-pyrrole nitrogens is 1. The van der Waals surface area contributed by atoms with E-state index >= 15 is 0 Å². The molecule has 0 spiro atoms. The second-order valence-corrected chi connectivity index (χ2v) is 6.95. The van der Waals surface area contributed by atoms with Crippen LogP contribution < -0.4 is 4.57 Å². The van der Waals surface area contributed by atoms with Crippen molar-refractivity contribution in [3.8, 4) is 0 Å². The highest BCUT2D eigenvalue weighted by atomic mass is 19.1. The van der Waals surface area contributed by atoms with Crippen molar-refractivity contribution in [2.45, 2.75) is 46.7 Å². The first-order chi connectivity index (χ1) is 13.0. The molecule has 3 aromatic rings. The highest BCUT2D eigenvalue weighted by Crippen LogP contribution is 2.16. The van der Waals surface area contributed by atoms with Crippen LogP contribution in [0.3, 0.4) is 0 Å². The fourth-order valence-corrected chi connectivity index (χ4v) is 3.49. The molecule has 2 aromatic carbocycles. The minimum Gasteiger partial charge on any atom is -0.327 e. The Bertz CT molecular complexity index is 948. The fraction of sp³-hybridized carbons (Fsp3) is 0.364. The summed E-state index contributed by atoms with van der Waals surface area (Å²) in [7, 11) is 0. The van der Waals surface area contributed by atoms with Crippen molar-refractivity contribution in [3.05, 3.63) is 65.2 Å². The first kappa shape index (κ1) is 19.1. The molecular formula is C22H27FN3O+. The van der Waals surface area contributed by atoms with Gasteiger partial charge in [-0.2, -0.15) is 0 Å². The van der Waals surface area contributed by atoms with Crippen LogP contribution in [0.2, 0.25) is 0 Å². The number of fused-ring (bicyclic) bond motifs is 1. The molecule has 1 heterocycles. The van der Waals surface area contributed by atoms with E-state index in [4.69, 9.17) is 0 Å². The molecule has 1 N–H and O–H groups in total. The minimum absolute atomic E-state index is 0.00252. The standard InChI is InChI=1S/C22H26FN3O/c1-4-12-25(22(27)17-9-6-8-16(3)14-17)15-20-24-21-18(23)10-7-11-19(21)26(20)13-5-2/h6-11,14H,4-5,12-13,15H2,1-3H3/p+1. The number of halogens is 1. The zero-order valence-corrected chi connectivity index (χ0v) is 16.3. The van der Waals surface area contributed by atoms with Crippen LogP contribution in [0.25, 0.3) is 11.0 Å². The minimum atomic E-state index is -0.268. The normalized spacial score (nSPS) is 11.1. The molecule has 0 bridgehead atoms. The number of benzene rings is 2. The maximum atomic E-state index is 14.2. The van der Waals surface area contributed by atoms with Crippen LogP contribution in [0.15, 0.2) is 42.5 Å². The maximum Gasteiger partial charge on any atom is 0.275 e. The van der Waals surface area contributed by atoms with Crippen LogP contribution >= 0.6 is 0 Å². The van der Waals surface area contributed by atoms with Crippen LogP contribution in [0, 0.1) is 12.7 Å². The van der Waals surface area contributed by atoms with Gasteiger partial charge in [0.25, 0.3) is 11.7 Å². The number of nitrogens with one attached hydrogen (secondary N) is 1. The Balaban J connectivity index is 1.98. The number of carbonyl (C=O) groups excluding carboxylic acids is 1. The molecule has 5 heteroatoms. The summed E-state index contributed by atoms with van der Waals surface area (Å²) < 4.78 is 16.3. The van der Waals surface area contributed by atoms with Gasteiger partial charge in [0.1, 0.15) is 6.54 Å². The summed E-state index contributed by atoms with van der Waals surface area (Å²) in [5.74, 6) is 0.588. The predicted octanol–water partition coefficient (Wildman–Crippen LogP) is 4.37. The smallest absolute Gasteiger partial charge is 0.275 e. The monoisotopic (exact) mass is 368 g/mol. The van der Waals surface area contributed by atoms with Crippen LogP contribution in [0.4, 0.5) is 4.39 Å². The molecule has 27 heavy (non-hydrogen) atoms. The van der Waals surface area contributed by atoms with Gasteiger partial charge in [-0.3, -0.25) is 4.79 Å². The van der Waals surface area contributed by atoms with Crippen LogP contribution in [0.5, 0.6) is 0 Å². The highest BCUT2D eigenvalue weighted by molar-refractivity contribution is 5.94. The maximum absolute atomic E-state index is 14.2. The summed E-state index contributed by atoms with van der Waals surface area (Å²) in [6, 6.07) is 12.8. The molecule has 1 aromatic heterocycles. The molecule has 0 atom stereocenters. The van der Waals surface area contributed by atoms with E-state index in [2.05, 4.69) is 23.4 Å². The van der Waals surface area contributed by atoms with E-state index in [1.807, 2.05) is 42.2 Å². The number of hydrogen-bond donors (Lipinski definition) is 1. The molecule has 142 valence electrons. The largest absolute Gasteiger partial charge is 0.327 e. The number of hydrogen-bond acceptors (Lipinski definition) is 1. The van der Waals surface area contributed by atoms with Gasteiger partial charge in [-0.15, -0.1) is 0 Å². The zero-order chi connectivity index (χ0) is 19.4. The predicted molar refractivity (Wildman–Crippen MR) is 105 cm³/mol. The number of aryl methyl sites for hydroxylation is 2. The molecule has 0 aliphatic heterocycles. The third-order valence-electron chi connectivity index (χ3n) is 4.71. The van der Waals surface area contributed by atoms with Gasteiger partial charge in [-0.25, -0.2) is 13.9 Å². The average molecular weight is 368 g/mol. The van der Waals surface area contributed by atoms with Crippen LogP contribution in [-0.2, 0) is 13.1 Å². The Kier molecular flexibility index (Phi) is 5.89. The second-order valence-electron chi connectivity index (χ2n) is 6.95. The third-order valence-corrected chi connectivity index (χ3v) is 4.71. The summed E-state index contributed by atoms with van der Waals surface area (Å²) in [5, 5.41) is 0. The van der Waals surface area contributed by atoms with E-state index < -0.39 is 0 Å². The van der Waals surface area contributed by atoms with E-state index in [-0.39, 0.29) is 11.7 Å². The van der Waals surface area contributed by atoms with Gasteiger partial charge in [0.15, 0.2) is 11.3 Å². The van der Waals surface area contributed by atoms with E-state index in [1.165, 1.54) is 6.07 Å². The summed E-state index contributed by atoms with van der Waals surface area (Å²) in [6.45, 7) is 7.98. The molecule has 1 amide bonds. The van der Waals surface area contributed by atoms with E-state index in [1.54, 1.807) is 6.07 Å². The third kappa shape index (κ3) is 4.02. The molecule has 3 rings (SSSR count). The van der Waals surface area contributed by atoms with Crippen molar-refractivity contribution in [1.82, 2.24) is 9.88 Å². The van der Waals surface area contributed by atoms with E-state index in [0.29, 0.717) is 24.2 Å².